The van der Waals surface area contributed by atoms with E-state index < -0.39 is 29.8 Å². The number of rotatable bonds is 5. The number of aliphatic hydroxyl groups is 1. The summed E-state index contributed by atoms with van der Waals surface area (Å²) in [4.78, 5) is 4.93. The zero-order valence-corrected chi connectivity index (χ0v) is 19.4. The lowest BCUT2D eigenvalue weighted by molar-refractivity contribution is -0.137. The highest BCUT2D eigenvalue weighted by molar-refractivity contribution is 5.74. The highest BCUT2D eigenvalue weighted by atomic mass is 19.4. The Labute approximate surface area is 200 Å². The fraction of sp³-hybridized carbons (Fsp3) is 0.393. The molecular formula is C28H26F5NO. The van der Waals surface area contributed by atoms with Crippen LogP contribution in [0.15, 0.2) is 48.5 Å². The van der Waals surface area contributed by atoms with Crippen molar-refractivity contribution < 1.29 is 27.1 Å². The molecule has 1 aromatic heterocycles. The SMILES string of the molecule is CC(C)c1nc2c(c(-c3ccc(F)cc3)c1CC(F)c1ccc(C(F)(F)F)cc1)C(O)CC1CC21. The molecule has 1 heterocycles. The summed E-state index contributed by atoms with van der Waals surface area (Å²) in [6, 6.07) is 10.00. The summed E-state index contributed by atoms with van der Waals surface area (Å²) in [5.41, 5.74) is 3.47. The Morgan fingerprint density at radius 2 is 1.66 bits per heavy atom. The van der Waals surface area contributed by atoms with E-state index in [4.69, 9.17) is 4.98 Å². The van der Waals surface area contributed by atoms with Crippen molar-refractivity contribution >= 4 is 0 Å². The standard InChI is InChI=1S/C28H26F5NO/c1-14(2)26-21(13-22(30)15-3-7-18(8-4-15)28(31,32)33)24(16-5-9-19(29)10-6-16)25-23(35)12-17-11-20(17)27(25)34-26/h3-10,14,17,20,22-23,35H,11-13H2,1-2H3. The third-order valence-electron chi connectivity index (χ3n) is 7.19. The van der Waals surface area contributed by atoms with Gasteiger partial charge in [-0.05, 0) is 71.2 Å². The Kier molecular flexibility index (Phi) is 5.94. The average Bonchev–Trinajstić information content (AvgIpc) is 3.58. The van der Waals surface area contributed by atoms with Crippen molar-refractivity contribution in [1.29, 1.82) is 0 Å². The van der Waals surface area contributed by atoms with Crippen LogP contribution in [0, 0.1) is 11.7 Å². The molecule has 5 rings (SSSR count). The second-order valence-corrected chi connectivity index (χ2v) is 9.96. The van der Waals surface area contributed by atoms with Crippen molar-refractivity contribution in [3.05, 3.63) is 88.0 Å². The Morgan fingerprint density at radius 1 is 1.00 bits per heavy atom. The van der Waals surface area contributed by atoms with Gasteiger partial charge in [0.15, 0.2) is 0 Å². The van der Waals surface area contributed by atoms with Crippen LogP contribution < -0.4 is 0 Å². The number of pyridine rings is 1. The molecule has 4 atom stereocenters. The van der Waals surface area contributed by atoms with Crippen molar-refractivity contribution in [2.75, 3.05) is 0 Å². The first-order valence-electron chi connectivity index (χ1n) is 11.9. The smallest absolute Gasteiger partial charge is 0.388 e. The summed E-state index contributed by atoms with van der Waals surface area (Å²) in [6.07, 6.45) is -5.40. The number of benzene rings is 2. The van der Waals surface area contributed by atoms with Gasteiger partial charge in [-0.15, -0.1) is 0 Å². The summed E-state index contributed by atoms with van der Waals surface area (Å²) in [6.45, 7) is 3.92. The summed E-state index contributed by atoms with van der Waals surface area (Å²) in [5, 5.41) is 11.1. The van der Waals surface area contributed by atoms with E-state index in [2.05, 4.69) is 0 Å². The Morgan fingerprint density at radius 3 is 2.26 bits per heavy atom. The van der Waals surface area contributed by atoms with Gasteiger partial charge in [-0.2, -0.15) is 13.2 Å². The number of halogens is 5. The van der Waals surface area contributed by atoms with Crippen molar-refractivity contribution in [3.63, 3.8) is 0 Å². The molecule has 2 aliphatic carbocycles. The number of aromatic nitrogens is 1. The highest BCUT2D eigenvalue weighted by Crippen LogP contribution is 2.59. The van der Waals surface area contributed by atoms with Crippen LogP contribution >= 0.6 is 0 Å². The third kappa shape index (κ3) is 4.46. The minimum Gasteiger partial charge on any atom is -0.388 e. The van der Waals surface area contributed by atoms with Gasteiger partial charge in [-0.3, -0.25) is 4.98 Å². The minimum atomic E-state index is -4.50. The van der Waals surface area contributed by atoms with Crippen LogP contribution in [0.2, 0.25) is 0 Å². The topological polar surface area (TPSA) is 33.1 Å². The van der Waals surface area contributed by atoms with Crippen LogP contribution in [-0.4, -0.2) is 10.1 Å². The van der Waals surface area contributed by atoms with Crippen molar-refractivity contribution in [3.8, 4) is 11.1 Å². The number of alkyl halides is 4. The van der Waals surface area contributed by atoms with Crippen molar-refractivity contribution in [2.45, 2.75) is 63.4 Å². The van der Waals surface area contributed by atoms with Gasteiger partial charge in [-0.1, -0.05) is 38.1 Å². The summed E-state index contributed by atoms with van der Waals surface area (Å²) < 4.78 is 68.2. The monoisotopic (exact) mass is 487 g/mol. The van der Waals surface area contributed by atoms with Crippen LogP contribution in [0.25, 0.3) is 11.1 Å². The number of hydrogen-bond donors (Lipinski definition) is 1. The summed E-state index contributed by atoms with van der Waals surface area (Å²) >= 11 is 0. The van der Waals surface area contributed by atoms with Crippen molar-refractivity contribution in [1.82, 2.24) is 4.98 Å². The second kappa shape index (κ2) is 8.70. The quantitative estimate of drug-likeness (QED) is 0.372. The molecule has 3 aromatic rings. The van der Waals surface area contributed by atoms with Gasteiger partial charge in [0.1, 0.15) is 12.0 Å². The molecule has 1 N–H and O–H groups in total. The fourth-order valence-corrected chi connectivity index (χ4v) is 5.35. The van der Waals surface area contributed by atoms with E-state index in [0.29, 0.717) is 40.3 Å². The van der Waals surface area contributed by atoms with Gasteiger partial charge in [-0.25, -0.2) is 8.78 Å². The van der Waals surface area contributed by atoms with E-state index >= 15 is 4.39 Å². The molecule has 2 aliphatic rings. The Hall–Kier alpha value is -2.80. The molecule has 184 valence electrons. The Bertz CT molecular complexity index is 1230. The van der Waals surface area contributed by atoms with Crippen LogP contribution in [0.1, 0.15) is 84.4 Å². The van der Waals surface area contributed by atoms with Crippen LogP contribution in [0.4, 0.5) is 22.0 Å². The molecule has 0 saturated heterocycles. The van der Waals surface area contributed by atoms with Gasteiger partial charge < -0.3 is 5.11 Å². The molecule has 2 aromatic carbocycles. The molecule has 35 heavy (non-hydrogen) atoms. The predicted octanol–water partition coefficient (Wildman–Crippen LogP) is 7.82. The molecule has 7 heteroatoms. The maximum Gasteiger partial charge on any atom is 0.416 e. The van der Waals surface area contributed by atoms with E-state index in [1.54, 1.807) is 12.1 Å². The fourth-order valence-electron chi connectivity index (χ4n) is 5.35. The number of aliphatic hydroxyl groups excluding tert-OH is 1. The van der Waals surface area contributed by atoms with Gasteiger partial charge in [0.2, 0.25) is 0 Å². The lowest BCUT2D eigenvalue weighted by atomic mass is 9.81. The van der Waals surface area contributed by atoms with Crippen LogP contribution in [0.3, 0.4) is 0 Å². The molecule has 0 amide bonds. The zero-order chi connectivity index (χ0) is 25.1. The van der Waals surface area contributed by atoms with Gasteiger partial charge in [0.05, 0.1) is 17.4 Å². The predicted molar refractivity (Wildman–Crippen MR) is 123 cm³/mol. The lowest BCUT2D eigenvalue weighted by Gasteiger charge is -2.29. The summed E-state index contributed by atoms with van der Waals surface area (Å²) in [5.74, 6) is 0.192. The maximum absolute atomic E-state index is 15.6. The average molecular weight is 488 g/mol. The number of nitrogens with zero attached hydrogens (tertiary/aromatic N) is 1. The first-order valence-corrected chi connectivity index (χ1v) is 11.9. The van der Waals surface area contributed by atoms with E-state index in [1.165, 1.54) is 12.1 Å². The second-order valence-electron chi connectivity index (χ2n) is 9.96. The summed E-state index contributed by atoms with van der Waals surface area (Å²) in [7, 11) is 0. The normalized spacial score (nSPS) is 22.0. The van der Waals surface area contributed by atoms with Gasteiger partial charge >= 0.3 is 6.18 Å². The largest absolute Gasteiger partial charge is 0.416 e. The molecule has 0 bridgehead atoms. The van der Waals surface area contributed by atoms with Gasteiger partial charge in [0.25, 0.3) is 0 Å². The molecule has 0 spiro atoms. The molecule has 0 radical (unpaired) electrons. The van der Waals surface area contributed by atoms with Crippen molar-refractivity contribution in [2.24, 2.45) is 5.92 Å². The molecule has 0 aliphatic heterocycles. The van der Waals surface area contributed by atoms with Crippen LogP contribution in [-0.2, 0) is 12.6 Å². The van der Waals surface area contributed by atoms with Crippen LogP contribution in [0.5, 0.6) is 0 Å². The zero-order valence-electron chi connectivity index (χ0n) is 19.4. The first kappa shape index (κ1) is 23.9. The minimum absolute atomic E-state index is 0.0504. The number of fused-ring (bicyclic) bond motifs is 3. The molecule has 4 unspecified atom stereocenters. The maximum atomic E-state index is 15.6. The van der Waals surface area contributed by atoms with Gasteiger partial charge in [0, 0.05) is 23.6 Å². The highest BCUT2D eigenvalue weighted by Gasteiger charge is 2.48. The number of hydrogen-bond acceptors (Lipinski definition) is 2. The first-order chi connectivity index (χ1) is 16.5. The van der Waals surface area contributed by atoms with E-state index in [-0.39, 0.29) is 23.8 Å². The molecule has 2 nitrogen and oxygen atoms in total. The third-order valence-corrected chi connectivity index (χ3v) is 7.19. The van der Waals surface area contributed by atoms with E-state index in [0.717, 1.165) is 36.4 Å². The van der Waals surface area contributed by atoms with E-state index in [9.17, 15) is 22.7 Å². The van der Waals surface area contributed by atoms with E-state index in [1.807, 2.05) is 13.8 Å². The molecule has 1 fully saturated rings. The Balaban J connectivity index is 1.64. The lowest BCUT2D eigenvalue weighted by Crippen LogP contribution is -2.18. The molecular weight excluding hydrogens is 461 g/mol. The molecule has 1 saturated carbocycles.